The number of nitrogens with two attached hydrogens (primary N) is 1. The number of aryl methyl sites for hydroxylation is 1. The lowest BCUT2D eigenvalue weighted by atomic mass is 9.95. The van der Waals surface area contributed by atoms with Gasteiger partial charge in [-0.2, -0.15) is 0 Å². The molecule has 8 nitrogen and oxygen atoms in total. The molecule has 1 aliphatic carbocycles. The summed E-state index contributed by atoms with van der Waals surface area (Å²) in [6.45, 7) is 0. The lowest BCUT2D eigenvalue weighted by Gasteiger charge is -2.12. The number of nitro groups is 1. The molecule has 0 saturated carbocycles. The maximum Gasteiger partial charge on any atom is 0.269 e. The second-order valence-corrected chi connectivity index (χ2v) is 7.11. The van der Waals surface area contributed by atoms with E-state index in [9.17, 15) is 19.7 Å². The molecule has 28 heavy (non-hydrogen) atoms. The van der Waals surface area contributed by atoms with E-state index < -0.39 is 16.4 Å². The number of aromatic amines is 1. The molecule has 1 amide bonds. The van der Waals surface area contributed by atoms with Crippen LogP contribution in [0.5, 0.6) is 0 Å². The number of H-pyrrole nitrogens is 1. The Bertz CT molecular complexity index is 1310. The SMILES string of the molecule is NC(=O)c1c2c(n3c(=S)c(=Cc4ccc([N+](=O)[O-])cc4)c(=O)[nH]c13)CCCC2. The van der Waals surface area contributed by atoms with Gasteiger partial charge in [0.1, 0.15) is 10.3 Å². The van der Waals surface area contributed by atoms with Crippen molar-refractivity contribution in [3.05, 3.63) is 77.0 Å². The van der Waals surface area contributed by atoms with E-state index in [1.165, 1.54) is 12.1 Å². The van der Waals surface area contributed by atoms with Gasteiger partial charge in [0.05, 0.1) is 15.7 Å². The summed E-state index contributed by atoms with van der Waals surface area (Å²) < 4.78 is 2.03. The second-order valence-electron chi connectivity index (χ2n) is 6.72. The highest BCUT2D eigenvalue weighted by Crippen LogP contribution is 2.28. The molecule has 4 rings (SSSR count). The van der Waals surface area contributed by atoms with Gasteiger partial charge < -0.3 is 10.7 Å². The molecule has 3 aromatic rings. The van der Waals surface area contributed by atoms with E-state index in [0.717, 1.165) is 30.5 Å². The minimum Gasteiger partial charge on any atom is -0.365 e. The Morgan fingerprint density at radius 1 is 1.25 bits per heavy atom. The first kappa shape index (κ1) is 18.1. The average Bonchev–Trinajstić information content (AvgIpc) is 2.99. The number of nitrogens with zero attached hydrogens (tertiary/aromatic N) is 2. The van der Waals surface area contributed by atoms with Gasteiger partial charge in [0.25, 0.3) is 17.2 Å². The zero-order valence-corrected chi connectivity index (χ0v) is 15.5. The van der Waals surface area contributed by atoms with Gasteiger partial charge in [-0.05, 0) is 55.0 Å². The number of non-ortho nitro benzene ring substituents is 1. The highest BCUT2D eigenvalue weighted by molar-refractivity contribution is 7.71. The van der Waals surface area contributed by atoms with E-state index in [4.69, 9.17) is 18.0 Å². The highest BCUT2D eigenvalue weighted by atomic mass is 32.1. The third-order valence-electron chi connectivity index (χ3n) is 5.04. The molecular formula is C19H16N4O4S. The molecule has 0 fully saturated rings. The number of hydrogen-bond donors (Lipinski definition) is 2. The van der Waals surface area contributed by atoms with Crippen molar-refractivity contribution in [3.63, 3.8) is 0 Å². The van der Waals surface area contributed by atoms with E-state index >= 15 is 0 Å². The summed E-state index contributed by atoms with van der Waals surface area (Å²) in [5, 5.41) is 11.1. The first-order valence-corrected chi connectivity index (χ1v) is 9.17. The van der Waals surface area contributed by atoms with Gasteiger partial charge in [-0.25, -0.2) is 0 Å². The molecule has 0 radical (unpaired) electrons. The van der Waals surface area contributed by atoms with Crippen LogP contribution in [0.15, 0.2) is 29.1 Å². The first-order chi connectivity index (χ1) is 13.4. The highest BCUT2D eigenvalue weighted by Gasteiger charge is 2.25. The van der Waals surface area contributed by atoms with Gasteiger partial charge in [0.15, 0.2) is 0 Å². The summed E-state index contributed by atoms with van der Waals surface area (Å²) in [6.07, 6.45) is 4.96. The predicted octanol–water partition coefficient (Wildman–Crippen LogP) is 1.79. The van der Waals surface area contributed by atoms with E-state index in [0.29, 0.717) is 27.8 Å². The third kappa shape index (κ3) is 2.80. The zero-order valence-electron chi connectivity index (χ0n) is 14.7. The Kier molecular flexibility index (Phi) is 4.31. The molecular weight excluding hydrogens is 380 g/mol. The maximum absolute atomic E-state index is 12.7. The van der Waals surface area contributed by atoms with Gasteiger partial charge in [-0.3, -0.25) is 24.1 Å². The van der Waals surface area contributed by atoms with Crippen molar-refractivity contribution in [2.45, 2.75) is 25.7 Å². The number of primary amides is 1. The molecule has 142 valence electrons. The molecule has 0 saturated heterocycles. The van der Waals surface area contributed by atoms with Crippen LogP contribution in [-0.4, -0.2) is 20.2 Å². The Morgan fingerprint density at radius 2 is 1.93 bits per heavy atom. The molecule has 9 heteroatoms. The largest absolute Gasteiger partial charge is 0.365 e. The molecule has 3 N–H and O–H groups in total. The summed E-state index contributed by atoms with van der Waals surface area (Å²) in [7, 11) is 0. The van der Waals surface area contributed by atoms with E-state index in [1.54, 1.807) is 22.6 Å². The first-order valence-electron chi connectivity index (χ1n) is 8.77. The number of nitro benzene ring substituents is 1. The van der Waals surface area contributed by atoms with E-state index in [2.05, 4.69) is 4.98 Å². The quantitative estimate of drug-likeness (QED) is 0.397. The molecule has 1 aromatic carbocycles. The topological polar surface area (TPSA) is 124 Å². The standard InChI is InChI=1S/C19H16N4O4S/c20-16(24)15-12-3-1-2-4-14(12)22-17(15)21-18(25)13(19(22)28)9-10-5-7-11(8-6-10)23(26)27/h5-9H,1-4H2,(H2,20,24)(H,21,25). The molecule has 2 aromatic heterocycles. The van der Waals surface area contributed by atoms with Crippen molar-refractivity contribution in [1.82, 2.24) is 9.38 Å². The lowest BCUT2D eigenvalue weighted by molar-refractivity contribution is -0.384. The molecule has 0 atom stereocenters. The minimum atomic E-state index is -0.585. The van der Waals surface area contributed by atoms with Gasteiger partial charge in [0, 0.05) is 17.8 Å². The predicted molar refractivity (Wildman–Crippen MR) is 106 cm³/mol. The van der Waals surface area contributed by atoms with E-state index in [-0.39, 0.29) is 10.9 Å². The Labute approximate surface area is 163 Å². The summed E-state index contributed by atoms with van der Waals surface area (Å²) in [5.74, 6) is -0.585. The number of carbonyl (C=O) groups excluding carboxylic acids is 1. The fraction of sp³-hybridized carbons (Fsp3) is 0.211. The Hall–Kier alpha value is -3.33. The van der Waals surface area contributed by atoms with Crippen molar-refractivity contribution < 1.29 is 9.72 Å². The normalized spacial score (nSPS) is 14.2. The number of rotatable bonds is 3. The molecule has 0 spiro atoms. The number of hydrogen-bond acceptors (Lipinski definition) is 5. The zero-order chi connectivity index (χ0) is 20.0. The van der Waals surface area contributed by atoms with Crippen LogP contribution in [0.1, 0.15) is 40.0 Å². The molecule has 1 aliphatic rings. The van der Waals surface area contributed by atoms with Crippen LogP contribution < -0.4 is 16.5 Å². The van der Waals surface area contributed by atoms with Gasteiger partial charge in [-0.15, -0.1) is 0 Å². The van der Waals surface area contributed by atoms with Crippen LogP contribution >= 0.6 is 12.2 Å². The molecule has 0 aliphatic heterocycles. The van der Waals surface area contributed by atoms with Gasteiger partial charge in [0.2, 0.25) is 0 Å². The van der Waals surface area contributed by atoms with Crippen LogP contribution in [-0.2, 0) is 12.8 Å². The average molecular weight is 396 g/mol. The Morgan fingerprint density at radius 3 is 2.57 bits per heavy atom. The van der Waals surface area contributed by atoms with Crippen LogP contribution in [0.25, 0.3) is 11.7 Å². The maximum atomic E-state index is 12.7. The van der Waals surface area contributed by atoms with Crippen molar-refractivity contribution in [2.75, 3.05) is 0 Å². The van der Waals surface area contributed by atoms with Crippen molar-refractivity contribution in [1.29, 1.82) is 0 Å². The summed E-state index contributed by atoms with van der Waals surface area (Å²) >= 11 is 5.58. The van der Waals surface area contributed by atoms with Crippen LogP contribution in [0, 0.1) is 14.8 Å². The van der Waals surface area contributed by atoms with E-state index in [1.807, 2.05) is 0 Å². The molecule has 2 heterocycles. The summed E-state index contributed by atoms with van der Waals surface area (Å²) in [5.41, 5.74) is 8.16. The number of amides is 1. The Balaban J connectivity index is 2.01. The van der Waals surface area contributed by atoms with Crippen molar-refractivity contribution in [3.8, 4) is 0 Å². The number of benzene rings is 1. The molecule has 0 unspecified atom stereocenters. The van der Waals surface area contributed by atoms with Gasteiger partial charge >= 0.3 is 0 Å². The molecule has 0 bridgehead atoms. The number of aromatic nitrogens is 2. The fourth-order valence-corrected chi connectivity index (χ4v) is 4.13. The van der Waals surface area contributed by atoms with Crippen LogP contribution in [0.4, 0.5) is 5.69 Å². The van der Waals surface area contributed by atoms with Crippen LogP contribution in [0.3, 0.4) is 0 Å². The second kappa shape index (κ2) is 6.68. The monoisotopic (exact) mass is 396 g/mol. The number of carbonyl (C=O) groups is 1. The lowest BCUT2D eigenvalue weighted by Crippen LogP contribution is -2.31. The van der Waals surface area contributed by atoms with Gasteiger partial charge in [-0.1, -0.05) is 12.2 Å². The van der Waals surface area contributed by atoms with Crippen molar-refractivity contribution in [2.24, 2.45) is 5.73 Å². The summed E-state index contributed by atoms with van der Waals surface area (Å²) in [4.78, 5) is 37.8. The number of fused-ring (bicyclic) bond motifs is 3. The fourth-order valence-electron chi connectivity index (χ4n) is 3.78. The summed E-state index contributed by atoms with van der Waals surface area (Å²) in [6, 6.07) is 5.83. The van der Waals surface area contributed by atoms with Crippen LogP contribution in [0.2, 0.25) is 0 Å². The minimum absolute atomic E-state index is 0.0364. The van der Waals surface area contributed by atoms with Crippen molar-refractivity contribution >= 4 is 35.5 Å². The number of nitrogens with one attached hydrogen (secondary N) is 1. The smallest absolute Gasteiger partial charge is 0.269 e. The third-order valence-corrected chi connectivity index (χ3v) is 5.44.